The van der Waals surface area contributed by atoms with Crippen molar-refractivity contribution >= 4 is 17.3 Å². The number of rotatable bonds is 6. The molecule has 2 nitrogen and oxygen atoms in total. The van der Waals surface area contributed by atoms with Crippen LogP contribution >= 0.6 is 11.6 Å². The van der Waals surface area contributed by atoms with E-state index in [1.165, 1.54) is 5.56 Å². The van der Waals surface area contributed by atoms with Gasteiger partial charge in [0.2, 0.25) is 0 Å². The number of halogens is 1. The van der Waals surface area contributed by atoms with E-state index in [1.807, 2.05) is 36.4 Å². The first-order valence-electron chi connectivity index (χ1n) is 6.94. The quantitative estimate of drug-likeness (QED) is 0.779. The Hall–Kier alpha value is -1.67. The summed E-state index contributed by atoms with van der Waals surface area (Å²) >= 11 is 5.99. The molecule has 0 aliphatic rings. The first-order chi connectivity index (χ1) is 9.69. The summed E-state index contributed by atoms with van der Waals surface area (Å²) in [7, 11) is 0. The van der Waals surface area contributed by atoms with Gasteiger partial charge in [0.1, 0.15) is 5.75 Å². The molecule has 1 N–H and O–H groups in total. The molecule has 0 saturated carbocycles. The van der Waals surface area contributed by atoms with Crippen LogP contribution in [0.3, 0.4) is 0 Å². The zero-order chi connectivity index (χ0) is 14.4. The first-order valence-corrected chi connectivity index (χ1v) is 7.31. The Bertz CT molecular complexity index is 539. The lowest BCUT2D eigenvalue weighted by Crippen LogP contribution is -2.06. The number of nitrogens with one attached hydrogen (secondary N) is 1. The van der Waals surface area contributed by atoms with Crippen molar-refractivity contribution in [2.45, 2.75) is 26.3 Å². The fraction of sp³-hybridized carbons (Fsp3) is 0.294. The summed E-state index contributed by atoms with van der Waals surface area (Å²) in [5.74, 6) is 0.922. The fourth-order valence-electron chi connectivity index (χ4n) is 1.98. The Balaban J connectivity index is 2.00. The minimum atomic E-state index is 0.216. The van der Waals surface area contributed by atoms with Crippen LogP contribution in [0.5, 0.6) is 5.75 Å². The molecule has 1 atom stereocenters. The number of anilines is 1. The largest absolute Gasteiger partial charge is 0.494 e. The van der Waals surface area contributed by atoms with E-state index in [-0.39, 0.29) is 6.04 Å². The standard InChI is InChI=1S/C17H20ClNO/c1-3-11-20-17-9-7-14(8-10-17)13(2)19-16-6-4-5-15(18)12-16/h4-10,12-13,19H,3,11H2,1-2H3. The summed E-state index contributed by atoms with van der Waals surface area (Å²) in [6.45, 7) is 4.99. The SMILES string of the molecule is CCCOc1ccc(C(C)Nc2cccc(Cl)c2)cc1. The summed E-state index contributed by atoms with van der Waals surface area (Å²) < 4.78 is 5.59. The second kappa shape index (κ2) is 7.20. The summed E-state index contributed by atoms with van der Waals surface area (Å²) in [6.07, 6.45) is 1.02. The number of benzene rings is 2. The highest BCUT2D eigenvalue weighted by molar-refractivity contribution is 6.30. The van der Waals surface area contributed by atoms with Gasteiger partial charge in [0.15, 0.2) is 0 Å². The Morgan fingerprint density at radius 1 is 1.15 bits per heavy atom. The second-order valence-corrected chi connectivity index (χ2v) is 5.23. The van der Waals surface area contributed by atoms with Crippen molar-refractivity contribution in [3.63, 3.8) is 0 Å². The van der Waals surface area contributed by atoms with Gasteiger partial charge in [0, 0.05) is 16.8 Å². The van der Waals surface area contributed by atoms with Gasteiger partial charge < -0.3 is 10.1 Å². The molecule has 0 fully saturated rings. The van der Waals surface area contributed by atoms with Crippen LogP contribution in [0.2, 0.25) is 5.02 Å². The highest BCUT2D eigenvalue weighted by Crippen LogP contribution is 2.23. The molecule has 1 unspecified atom stereocenters. The molecule has 0 amide bonds. The molecule has 2 rings (SSSR count). The molecular weight excluding hydrogens is 270 g/mol. The van der Waals surface area contributed by atoms with Crippen LogP contribution in [0.25, 0.3) is 0 Å². The topological polar surface area (TPSA) is 21.3 Å². The molecule has 0 aliphatic heterocycles. The fourth-order valence-corrected chi connectivity index (χ4v) is 2.17. The molecule has 0 aromatic heterocycles. The molecule has 20 heavy (non-hydrogen) atoms. The molecular formula is C17H20ClNO. The lowest BCUT2D eigenvalue weighted by Gasteiger charge is -2.16. The summed E-state index contributed by atoms with van der Waals surface area (Å²) in [6, 6.07) is 16.2. The van der Waals surface area contributed by atoms with Crippen LogP contribution < -0.4 is 10.1 Å². The van der Waals surface area contributed by atoms with E-state index in [9.17, 15) is 0 Å². The Kier molecular flexibility index (Phi) is 5.31. The summed E-state index contributed by atoms with van der Waals surface area (Å²) in [4.78, 5) is 0. The predicted octanol–water partition coefficient (Wildman–Crippen LogP) is 5.30. The van der Waals surface area contributed by atoms with Gasteiger partial charge in [-0.05, 0) is 49.2 Å². The zero-order valence-corrected chi connectivity index (χ0v) is 12.7. The van der Waals surface area contributed by atoms with E-state index in [1.54, 1.807) is 0 Å². The van der Waals surface area contributed by atoms with Crippen molar-refractivity contribution in [1.29, 1.82) is 0 Å². The van der Waals surface area contributed by atoms with E-state index in [4.69, 9.17) is 16.3 Å². The average molecular weight is 290 g/mol. The van der Waals surface area contributed by atoms with Crippen molar-refractivity contribution < 1.29 is 4.74 Å². The van der Waals surface area contributed by atoms with Gasteiger partial charge in [-0.3, -0.25) is 0 Å². The Morgan fingerprint density at radius 3 is 2.55 bits per heavy atom. The van der Waals surface area contributed by atoms with E-state index >= 15 is 0 Å². The van der Waals surface area contributed by atoms with Crippen molar-refractivity contribution in [3.8, 4) is 5.75 Å². The molecule has 0 bridgehead atoms. The van der Waals surface area contributed by atoms with Gasteiger partial charge in [-0.1, -0.05) is 36.7 Å². The van der Waals surface area contributed by atoms with Gasteiger partial charge in [-0.15, -0.1) is 0 Å². The molecule has 0 heterocycles. The third-order valence-electron chi connectivity index (χ3n) is 3.06. The van der Waals surface area contributed by atoms with Gasteiger partial charge in [-0.25, -0.2) is 0 Å². The smallest absolute Gasteiger partial charge is 0.119 e. The van der Waals surface area contributed by atoms with Crippen molar-refractivity contribution in [2.24, 2.45) is 0 Å². The highest BCUT2D eigenvalue weighted by Gasteiger charge is 2.05. The zero-order valence-electron chi connectivity index (χ0n) is 11.9. The molecule has 0 aliphatic carbocycles. The summed E-state index contributed by atoms with van der Waals surface area (Å²) in [5, 5.41) is 4.18. The van der Waals surface area contributed by atoms with E-state index < -0.39 is 0 Å². The van der Waals surface area contributed by atoms with Crippen molar-refractivity contribution in [3.05, 3.63) is 59.1 Å². The lowest BCUT2D eigenvalue weighted by molar-refractivity contribution is 0.317. The Labute approximate surface area is 125 Å². The minimum Gasteiger partial charge on any atom is -0.494 e. The lowest BCUT2D eigenvalue weighted by atomic mass is 10.1. The van der Waals surface area contributed by atoms with Crippen molar-refractivity contribution in [2.75, 3.05) is 11.9 Å². The van der Waals surface area contributed by atoms with Crippen LogP contribution in [-0.4, -0.2) is 6.61 Å². The molecule has 0 radical (unpaired) electrons. The number of hydrogen-bond donors (Lipinski definition) is 1. The van der Waals surface area contributed by atoms with Crippen molar-refractivity contribution in [1.82, 2.24) is 0 Å². The van der Waals surface area contributed by atoms with Crippen LogP contribution in [-0.2, 0) is 0 Å². The Morgan fingerprint density at radius 2 is 1.90 bits per heavy atom. The van der Waals surface area contributed by atoms with Crippen LogP contribution in [0.1, 0.15) is 31.9 Å². The molecule has 106 valence electrons. The third-order valence-corrected chi connectivity index (χ3v) is 3.30. The maximum absolute atomic E-state index is 5.99. The van der Waals surface area contributed by atoms with Gasteiger partial charge in [0.05, 0.1) is 6.61 Å². The van der Waals surface area contributed by atoms with Crippen LogP contribution in [0.15, 0.2) is 48.5 Å². The molecule has 0 spiro atoms. The van der Waals surface area contributed by atoms with Gasteiger partial charge in [0.25, 0.3) is 0 Å². The number of ether oxygens (including phenoxy) is 1. The molecule has 0 saturated heterocycles. The van der Waals surface area contributed by atoms with E-state index in [0.717, 1.165) is 29.5 Å². The molecule has 3 heteroatoms. The van der Waals surface area contributed by atoms with Gasteiger partial charge >= 0.3 is 0 Å². The average Bonchev–Trinajstić information content (AvgIpc) is 2.45. The molecule has 2 aromatic rings. The second-order valence-electron chi connectivity index (χ2n) is 4.79. The van der Waals surface area contributed by atoms with Crippen LogP contribution in [0, 0.1) is 0 Å². The molecule has 2 aromatic carbocycles. The maximum atomic E-state index is 5.99. The summed E-state index contributed by atoms with van der Waals surface area (Å²) in [5.41, 5.74) is 2.24. The van der Waals surface area contributed by atoms with E-state index in [2.05, 4.69) is 31.3 Å². The predicted molar refractivity (Wildman–Crippen MR) is 85.7 cm³/mol. The maximum Gasteiger partial charge on any atom is 0.119 e. The minimum absolute atomic E-state index is 0.216. The normalized spacial score (nSPS) is 11.9. The highest BCUT2D eigenvalue weighted by atomic mass is 35.5. The van der Waals surface area contributed by atoms with E-state index in [0.29, 0.717) is 0 Å². The number of hydrogen-bond acceptors (Lipinski definition) is 2. The van der Waals surface area contributed by atoms with Gasteiger partial charge in [-0.2, -0.15) is 0 Å². The monoisotopic (exact) mass is 289 g/mol. The first kappa shape index (κ1) is 14.7. The van der Waals surface area contributed by atoms with Crippen LogP contribution in [0.4, 0.5) is 5.69 Å². The third kappa shape index (κ3) is 4.17.